The van der Waals surface area contributed by atoms with Crippen molar-refractivity contribution in [2.24, 2.45) is 0 Å². The molecule has 19 heavy (non-hydrogen) atoms. The molecular formula is C13H20N2O3S. The van der Waals surface area contributed by atoms with Crippen molar-refractivity contribution in [2.45, 2.75) is 12.8 Å². The van der Waals surface area contributed by atoms with Gasteiger partial charge in [0.15, 0.2) is 0 Å². The largest absolute Gasteiger partial charge is 0.379 e. The van der Waals surface area contributed by atoms with Crippen LogP contribution in [0.5, 0.6) is 0 Å². The lowest BCUT2D eigenvalue weighted by Gasteiger charge is -2.26. The van der Waals surface area contributed by atoms with Crippen LogP contribution in [0.15, 0.2) is 30.3 Å². The summed E-state index contributed by atoms with van der Waals surface area (Å²) in [6.07, 6.45) is 1.68. The molecule has 0 atom stereocenters. The van der Waals surface area contributed by atoms with Gasteiger partial charge in [-0.15, -0.1) is 0 Å². The Morgan fingerprint density at radius 1 is 1.16 bits per heavy atom. The molecule has 5 nitrogen and oxygen atoms in total. The average molecular weight is 284 g/mol. The van der Waals surface area contributed by atoms with Crippen LogP contribution < -0.4 is 4.72 Å². The number of aryl methyl sites for hydroxylation is 1. The van der Waals surface area contributed by atoms with Crippen LogP contribution in [0.2, 0.25) is 0 Å². The van der Waals surface area contributed by atoms with Crippen molar-refractivity contribution in [2.75, 3.05) is 32.8 Å². The molecular weight excluding hydrogens is 264 g/mol. The smallest absolute Gasteiger partial charge is 0.279 e. The second-order valence-corrected chi connectivity index (χ2v) is 6.26. The van der Waals surface area contributed by atoms with Gasteiger partial charge in [0.2, 0.25) is 0 Å². The summed E-state index contributed by atoms with van der Waals surface area (Å²) in [7, 11) is -3.33. The van der Waals surface area contributed by atoms with Gasteiger partial charge < -0.3 is 4.74 Å². The molecule has 1 aromatic rings. The standard InChI is InChI=1S/C13H20N2O3S/c16-19(17,15-9-11-18-12-10-15)14-8-4-7-13-5-2-1-3-6-13/h1-3,5-6,14H,4,7-12H2. The van der Waals surface area contributed by atoms with Crippen LogP contribution in [-0.2, 0) is 21.4 Å². The molecule has 1 N–H and O–H groups in total. The van der Waals surface area contributed by atoms with Gasteiger partial charge in [0.1, 0.15) is 0 Å². The van der Waals surface area contributed by atoms with E-state index in [9.17, 15) is 8.42 Å². The number of nitrogens with one attached hydrogen (secondary N) is 1. The first-order valence-corrected chi connectivity index (χ1v) is 7.99. The van der Waals surface area contributed by atoms with Crippen molar-refractivity contribution in [3.05, 3.63) is 35.9 Å². The first kappa shape index (κ1) is 14.5. The van der Waals surface area contributed by atoms with E-state index in [1.165, 1.54) is 9.87 Å². The molecule has 0 aromatic heterocycles. The fourth-order valence-electron chi connectivity index (χ4n) is 2.02. The molecule has 106 valence electrons. The predicted octanol–water partition coefficient (Wildman–Crippen LogP) is 0.786. The molecule has 6 heteroatoms. The maximum atomic E-state index is 12.0. The van der Waals surface area contributed by atoms with Gasteiger partial charge in [-0.1, -0.05) is 30.3 Å². The Morgan fingerprint density at radius 2 is 1.84 bits per heavy atom. The fourth-order valence-corrected chi connectivity index (χ4v) is 3.23. The quantitative estimate of drug-likeness (QED) is 0.786. The van der Waals surface area contributed by atoms with Crippen LogP contribution in [0.3, 0.4) is 0 Å². The lowest BCUT2D eigenvalue weighted by Crippen LogP contribution is -2.46. The highest BCUT2D eigenvalue weighted by atomic mass is 32.2. The van der Waals surface area contributed by atoms with Gasteiger partial charge in [0.05, 0.1) is 13.2 Å². The number of benzene rings is 1. The van der Waals surface area contributed by atoms with Gasteiger partial charge in [-0.05, 0) is 18.4 Å². The molecule has 2 rings (SSSR count). The third kappa shape index (κ3) is 4.58. The van der Waals surface area contributed by atoms with E-state index in [0.29, 0.717) is 32.8 Å². The number of ether oxygens (including phenoxy) is 1. The molecule has 1 fully saturated rings. The molecule has 1 heterocycles. The van der Waals surface area contributed by atoms with Crippen LogP contribution in [-0.4, -0.2) is 45.6 Å². The minimum atomic E-state index is -3.33. The molecule has 0 radical (unpaired) electrons. The zero-order valence-corrected chi connectivity index (χ0v) is 11.7. The third-order valence-electron chi connectivity index (χ3n) is 3.08. The molecule has 1 aromatic carbocycles. The number of hydrogen-bond acceptors (Lipinski definition) is 3. The van der Waals surface area contributed by atoms with Crippen molar-refractivity contribution >= 4 is 10.2 Å². The highest BCUT2D eigenvalue weighted by Gasteiger charge is 2.23. The van der Waals surface area contributed by atoms with E-state index in [2.05, 4.69) is 16.9 Å². The summed E-state index contributed by atoms with van der Waals surface area (Å²) < 4.78 is 33.1. The Hall–Kier alpha value is -0.950. The maximum absolute atomic E-state index is 12.0. The van der Waals surface area contributed by atoms with Gasteiger partial charge in [-0.3, -0.25) is 0 Å². The second-order valence-electron chi connectivity index (χ2n) is 4.50. The normalized spacial score (nSPS) is 17.5. The Morgan fingerprint density at radius 3 is 2.53 bits per heavy atom. The van der Waals surface area contributed by atoms with Crippen molar-refractivity contribution in [3.8, 4) is 0 Å². The lowest BCUT2D eigenvalue weighted by molar-refractivity contribution is 0.0725. The third-order valence-corrected chi connectivity index (χ3v) is 4.69. The van der Waals surface area contributed by atoms with Gasteiger partial charge in [0, 0.05) is 19.6 Å². The van der Waals surface area contributed by atoms with E-state index in [1.54, 1.807) is 0 Å². The van der Waals surface area contributed by atoms with Crippen LogP contribution in [0, 0.1) is 0 Å². The van der Waals surface area contributed by atoms with Crippen LogP contribution in [0.25, 0.3) is 0 Å². The van der Waals surface area contributed by atoms with E-state index in [4.69, 9.17) is 4.74 Å². The molecule has 0 spiro atoms. The summed E-state index contributed by atoms with van der Waals surface area (Å²) in [5, 5.41) is 0. The van der Waals surface area contributed by atoms with Crippen molar-refractivity contribution in [3.63, 3.8) is 0 Å². The first-order chi connectivity index (χ1) is 9.18. The first-order valence-electron chi connectivity index (χ1n) is 6.55. The average Bonchev–Trinajstić information content (AvgIpc) is 2.46. The summed E-state index contributed by atoms with van der Waals surface area (Å²) in [5.74, 6) is 0. The maximum Gasteiger partial charge on any atom is 0.279 e. The molecule has 0 amide bonds. The van der Waals surface area contributed by atoms with E-state index >= 15 is 0 Å². The summed E-state index contributed by atoms with van der Waals surface area (Å²) in [4.78, 5) is 0. The molecule has 0 bridgehead atoms. The van der Waals surface area contributed by atoms with Gasteiger partial charge >= 0.3 is 0 Å². The predicted molar refractivity (Wildman–Crippen MR) is 74.1 cm³/mol. The molecule has 0 aliphatic carbocycles. The minimum Gasteiger partial charge on any atom is -0.379 e. The number of hydrogen-bond donors (Lipinski definition) is 1. The van der Waals surface area contributed by atoms with Crippen molar-refractivity contribution < 1.29 is 13.2 Å². The van der Waals surface area contributed by atoms with Crippen molar-refractivity contribution in [1.29, 1.82) is 0 Å². The second kappa shape index (κ2) is 7.00. The number of rotatable bonds is 6. The van der Waals surface area contributed by atoms with E-state index < -0.39 is 10.2 Å². The SMILES string of the molecule is O=S(=O)(NCCCc1ccccc1)N1CCOCC1. The zero-order valence-electron chi connectivity index (χ0n) is 10.9. The fraction of sp³-hybridized carbons (Fsp3) is 0.538. The Kier molecular flexibility index (Phi) is 5.33. The molecule has 1 saturated heterocycles. The molecule has 1 aliphatic heterocycles. The molecule has 0 unspecified atom stereocenters. The highest BCUT2D eigenvalue weighted by Crippen LogP contribution is 2.04. The summed E-state index contributed by atoms with van der Waals surface area (Å²) >= 11 is 0. The molecule has 1 aliphatic rings. The highest BCUT2D eigenvalue weighted by molar-refractivity contribution is 7.87. The van der Waals surface area contributed by atoms with Crippen LogP contribution in [0.4, 0.5) is 0 Å². The van der Waals surface area contributed by atoms with E-state index in [0.717, 1.165) is 12.8 Å². The summed E-state index contributed by atoms with van der Waals surface area (Å²) in [5.41, 5.74) is 1.23. The number of nitrogens with zero attached hydrogens (tertiary/aromatic N) is 1. The Labute approximate surface area is 114 Å². The summed E-state index contributed by atoms with van der Waals surface area (Å²) in [6.45, 7) is 2.30. The van der Waals surface area contributed by atoms with E-state index in [-0.39, 0.29) is 0 Å². The Bertz CT molecular complexity index is 470. The monoisotopic (exact) mass is 284 g/mol. The van der Waals surface area contributed by atoms with Gasteiger partial charge in [0.25, 0.3) is 10.2 Å². The van der Waals surface area contributed by atoms with Crippen LogP contribution >= 0.6 is 0 Å². The van der Waals surface area contributed by atoms with Crippen molar-refractivity contribution in [1.82, 2.24) is 9.03 Å². The summed E-state index contributed by atoms with van der Waals surface area (Å²) in [6, 6.07) is 10.1. The Balaban J connectivity index is 1.72. The zero-order chi connectivity index (χ0) is 13.6. The molecule has 0 saturated carbocycles. The van der Waals surface area contributed by atoms with Crippen LogP contribution in [0.1, 0.15) is 12.0 Å². The number of morpholine rings is 1. The topological polar surface area (TPSA) is 58.6 Å². The van der Waals surface area contributed by atoms with Gasteiger partial charge in [-0.2, -0.15) is 12.7 Å². The van der Waals surface area contributed by atoms with Gasteiger partial charge in [-0.25, -0.2) is 4.72 Å². The lowest BCUT2D eigenvalue weighted by atomic mass is 10.1. The van der Waals surface area contributed by atoms with E-state index in [1.807, 2.05) is 18.2 Å². The minimum absolute atomic E-state index is 0.439.